The summed E-state index contributed by atoms with van der Waals surface area (Å²) in [6.45, 7) is 2.30. The van der Waals surface area contributed by atoms with Crippen LogP contribution >= 0.6 is 27.5 Å². The largest absolute Gasteiger partial charge is 0.488 e. The minimum atomic E-state index is -0.497. The number of halogens is 2. The van der Waals surface area contributed by atoms with E-state index in [1.807, 2.05) is 43.3 Å². The lowest BCUT2D eigenvalue weighted by atomic mass is 10.1. The van der Waals surface area contributed by atoms with E-state index < -0.39 is 5.91 Å². The van der Waals surface area contributed by atoms with Gasteiger partial charge in [-0.3, -0.25) is 4.79 Å². The molecule has 1 amide bonds. The van der Waals surface area contributed by atoms with Crippen molar-refractivity contribution < 1.29 is 9.53 Å². The molecule has 0 heterocycles. The molecule has 0 fully saturated rings. The molecule has 0 saturated heterocycles. The van der Waals surface area contributed by atoms with E-state index in [1.54, 1.807) is 36.4 Å². The maximum Gasteiger partial charge on any atom is 0.266 e. The first-order valence-corrected chi connectivity index (χ1v) is 10.3. The van der Waals surface area contributed by atoms with Crippen molar-refractivity contribution in [3.05, 3.63) is 98.5 Å². The van der Waals surface area contributed by atoms with Gasteiger partial charge >= 0.3 is 0 Å². The number of nitrogens with one attached hydrogen (secondary N) is 1. The number of carbonyl (C=O) groups excluding carboxylic acids is 1. The summed E-state index contributed by atoms with van der Waals surface area (Å²) in [4.78, 5) is 12.5. The molecule has 0 aliphatic carbocycles. The van der Waals surface area contributed by atoms with E-state index in [4.69, 9.17) is 16.3 Å². The van der Waals surface area contributed by atoms with Crippen LogP contribution in [0.1, 0.15) is 16.7 Å². The number of anilines is 1. The Labute approximate surface area is 188 Å². The summed E-state index contributed by atoms with van der Waals surface area (Å²) in [5, 5.41) is 12.7. The third kappa shape index (κ3) is 5.73. The predicted octanol–water partition coefficient (Wildman–Crippen LogP) is 6.54. The van der Waals surface area contributed by atoms with Crippen molar-refractivity contribution in [2.45, 2.75) is 13.5 Å². The maximum atomic E-state index is 12.5. The third-order valence-electron chi connectivity index (χ3n) is 4.32. The van der Waals surface area contributed by atoms with Gasteiger partial charge in [0.05, 0.1) is 4.47 Å². The first-order chi connectivity index (χ1) is 14.5. The molecular formula is C24H18BrClN2O2. The minimum Gasteiger partial charge on any atom is -0.488 e. The Morgan fingerprint density at radius 3 is 2.63 bits per heavy atom. The lowest BCUT2D eigenvalue weighted by Gasteiger charge is -2.10. The summed E-state index contributed by atoms with van der Waals surface area (Å²) >= 11 is 9.48. The van der Waals surface area contributed by atoms with E-state index >= 15 is 0 Å². The summed E-state index contributed by atoms with van der Waals surface area (Å²) in [7, 11) is 0. The summed E-state index contributed by atoms with van der Waals surface area (Å²) in [6.07, 6.45) is 1.53. The van der Waals surface area contributed by atoms with Crippen LogP contribution in [-0.4, -0.2) is 5.91 Å². The number of hydrogen-bond donors (Lipinski definition) is 1. The zero-order chi connectivity index (χ0) is 21.5. The highest BCUT2D eigenvalue weighted by Gasteiger charge is 2.12. The molecule has 3 aromatic carbocycles. The molecule has 0 saturated carbocycles. The molecule has 0 aromatic heterocycles. The van der Waals surface area contributed by atoms with Crippen LogP contribution in [0.25, 0.3) is 6.08 Å². The van der Waals surface area contributed by atoms with Gasteiger partial charge in [-0.1, -0.05) is 54.1 Å². The molecule has 0 atom stereocenters. The number of amides is 1. The second kappa shape index (κ2) is 10.1. The van der Waals surface area contributed by atoms with Gasteiger partial charge < -0.3 is 10.1 Å². The van der Waals surface area contributed by atoms with Crippen molar-refractivity contribution in [1.29, 1.82) is 5.26 Å². The van der Waals surface area contributed by atoms with Crippen LogP contribution in [-0.2, 0) is 11.4 Å². The van der Waals surface area contributed by atoms with E-state index in [9.17, 15) is 10.1 Å². The summed E-state index contributed by atoms with van der Waals surface area (Å²) in [6, 6.07) is 22.4. The van der Waals surface area contributed by atoms with Crippen LogP contribution in [0.3, 0.4) is 0 Å². The Kier molecular flexibility index (Phi) is 7.29. The molecule has 4 nitrogen and oxygen atoms in total. The van der Waals surface area contributed by atoms with Crippen molar-refractivity contribution >= 4 is 45.2 Å². The number of ether oxygens (including phenoxy) is 1. The molecule has 30 heavy (non-hydrogen) atoms. The number of hydrogen-bond acceptors (Lipinski definition) is 3. The van der Waals surface area contributed by atoms with Crippen molar-refractivity contribution in [3.63, 3.8) is 0 Å². The number of aryl methyl sites for hydroxylation is 1. The van der Waals surface area contributed by atoms with Gasteiger partial charge in [-0.15, -0.1) is 0 Å². The van der Waals surface area contributed by atoms with Gasteiger partial charge in [-0.05, 0) is 69.9 Å². The van der Waals surface area contributed by atoms with Crippen molar-refractivity contribution in [1.82, 2.24) is 0 Å². The molecule has 0 radical (unpaired) electrons. The smallest absolute Gasteiger partial charge is 0.266 e. The Balaban J connectivity index is 1.73. The molecule has 3 rings (SSSR count). The van der Waals surface area contributed by atoms with E-state index in [1.165, 1.54) is 6.08 Å². The van der Waals surface area contributed by atoms with Gasteiger partial charge in [-0.25, -0.2) is 0 Å². The lowest BCUT2D eigenvalue weighted by molar-refractivity contribution is -0.112. The monoisotopic (exact) mass is 480 g/mol. The molecule has 0 unspecified atom stereocenters. The van der Waals surface area contributed by atoms with E-state index in [0.29, 0.717) is 28.6 Å². The average molecular weight is 482 g/mol. The molecular weight excluding hydrogens is 464 g/mol. The zero-order valence-corrected chi connectivity index (χ0v) is 18.5. The first-order valence-electron chi connectivity index (χ1n) is 9.12. The quantitative estimate of drug-likeness (QED) is 0.321. The van der Waals surface area contributed by atoms with Crippen molar-refractivity contribution in [2.75, 3.05) is 5.32 Å². The lowest BCUT2D eigenvalue weighted by Crippen LogP contribution is -2.14. The molecule has 0 spiro atoms. The highest BCUT2D eigenvalue weighted by molar-refractivity contribution is 9.10. The number of nitrogens with zero attached hydrogens (tertiary/aromatic N) is 1. The number of benzene rings is 3. The summed E-state index contributed by atoms with van der Waals surface area (Å²) in [5.74, 6) is 0.178. The van der Waals surface area contributed by atoms with Crippen LogP contribution in [0.2, 0.25) is 5.02 Å². The van der Waals surface area contributed by atoms with E-state index in [2.05, 4.69) is 21.2 Å². The first kappa shape index (κ1) is 21.6. The highest BCUT2D eigenvalue weighted by Crippen LogP contribution is 2.28. The Morgan fingerprint density at radius 1 is 1.17 bits per heavy atom. The van der Waals surface area contributed by atoms with Crippen LogP contribution in [0.15, 0.2) is 76.8 Å². The second-order valence-electron chi connectivity index (χ2n) is 6.55. The van der Waals surface area contributed by atoms with Gasteiger partial charge in [0.2, 0.25) is 0 Å². The maximum absolute atomic E-state index is 12.5. The van der Waals surface area contributed by atoms with Crippen molar-refractivity contribution in [2.24, 2.45) is 0 Å². The van der Waals surface area contributed by atoms with E-state index in [0.717, 1.165) is 15.6 Å². The Bertz CT molecular complexity index is 1140. The number of nitriles is 1. The van der Waals surface area contributed by atoms with Crippen LogP contribution < -0.4 is 10.1 Å². The van der Waals surface area contributed by atoms with Gasteiger partial charge in [0.1, 0.15) is 24.0 Å². The summed E-state index contributed by atoms with van der Waals surface area (Å²) in [5.41, 5.74) is 3.17. The van der Waals surface area contributed by atoms with Gasteiger partial charge in [-0.2, -0.15) is 5.26 Å². The SMILES string of the molecule is Cc1ccc(Cl)cc1NC(=O)/C(C#N)=C/c1ccc(OCc2ccccc2)c(Br)c1. The fraction of sp³-hybridized carbons (Fsp3) is 0.0833. The fourth-order valence-corrected chi connectivity index (χ4v) is 3.38. The third-order valence-corrected chi connectivity index (χ3v) is 5.17. The Morgan fingerprint density at radius 2 is 1.93 bits per heavy atom. The standard InChI is InChI=1S/C24H18BrClN2O2/c1-16-7-9-20(26)13-22(16)28-24(29)19(14-27)11-18-8-10-23(21(25)12-18)30-15-17-5-3-2-4-6-17/h2-13H,15H2,1H3,(H,28,29)/b19-11+. The molecule has 0 aliphatic rings. The topological polar surface area (TPSA) is 62.1 Å². The van der Waals surface area contributed by atoms with Crippen LogP contribution in [0.4, 0.5) is 5.69 Å². The zero-order valence-electron chi connectivity index (χ0n) is 16.2. The van der Waals surface area contributed by atoms with Gasteiger partial charge in [0.25, 0.3) is 5.91 Å². The Hall–Kier alpha value is -3.07. The van der Waals surface area contributed by atoms with Crippen LogP contribution in [0.5, 0.6) is 5.75 Å². The molecule has 0 bridgehead atoms. The molecule has 6 heteroatoms. The summed E-state index contributed by atoms with van der Waals surface area (Å²) < 4.78 is 6.57. The van der Waals surface area contributed by atoms with Crippen molar-refractivity contribution in [3.8, 4) is 11.8 Å². The molecule has 3 aromatic rings. The van der Waals surface area contributed by atoms with Gasteiger partial charge in [0.15, 0.2) is 0 Å². The normalized spacial score (nSPS) is 10.9. The fourth-order valence-electron chi connectivity index (χ4n) is 2.69. The minimum absolute atomic E-state index is 0.0146. The molecule has 1 N–H and O–H groups in total. The van der Waals surface area contributed by atoms with Gasteiger partial charge in [0, 0.05) is 10.7 Å². The number of carbonyl (C=O) groups is 1. The predicted molar refractivity (Wildman–Crippen MR) is 123 cm³/mol. The second-order valence-corrected chi connectivity index (χ2v) is 7.84. The molecule has 150 valence electrons. The average Bonchev–Trinajstić information content (AvgIpc) is 2.74. The number of rotatable bonds is 6. The van der Waals surface area contributed by atoms with E-state index in [-0.39, 0.29) is 5.57 Å². The molecule has 0 aliphatic heterocycles. The van der Waals surface area contributed by atoms with Crippen LogP contribution in [0, 0.1) is 18.3 Å². The highest BCUT2D eigenvalue weighted by atomic mass is 79.9.